The molecule has 0 radical (unpaired) electrons. The standard InChI is InChI=1S/C22H22F3N5O2S/c1-3-30-19(14(2)26-20(32)15-8-5-4-6-9-15)28-29-21(30)33-13-18(31)27-17-11-7-10-16(12-17)22(23,24)25/h4-12,14H,3,13H2,1-2H3,(H,26,32)(H,27,31)/t14-/m0/s1. The number of hydrogen-bond donors (Lipinski definition) is 2. The lowest BCUT2D eigenvalue weighted by Crippen LogP contribution is -2.28. The Labute approximate surface area is 192 Å². The zero-order chi connectivity index (χ0) is 24.0. The van der Waals surface area contributed by atoms with Crippen molar-refractivity contribution < 1.29 is 22.8 Å². The Balaban J connectivity index is 1.62. The molecule has 1 atom stereocenters. The molecule has 0 saturated heterocycles. The normalized spacial score (nSPS) is 12.3. The van der Waals surface area contributed by atoms with Crippen LogP contribution < -0.4 is 10.6 Å². The number of nitrogens with one attached hydrogen (secondary N) is 2. The van der Waals surface area contributed by atoms with Crippen LogP contribution in [0.5, 0.6) is 0 Å². The van der Waals surface area contributed by atoms with Gasteiger partial charge in [0.2, 0.25) is 5.91 Å². The van der Waals surface area contributed by atoms with Gasteiger partial charge in [-0.2, -0.15) is 13.2 Å². The number of aromatic nitrogens is 3. The van der Waals surface area contributed by atoms with Crippen LogP contribution in [0.2, 0.25) is 0 Å². The first-order valence-electron chi connectivity index (χ1n) is 10.1. The number of halogens is 3. The summed E-state index contributed by atoms with van der Waals surface area (Å²) in [6.45, 7) is 4.17. The first-order chi connectivity index (χ1) is 15.7. The maximum Gasteiger partial charge on any atom is 0.416 e. The highest BCUT2D eigenvalue weighted by atomic mass is 32.2. The average molecular weight is 478 g/mol. The fourth-order valence-electron chi connectivity index (χ4n) is 3.06. The molecule has 0 fully saturated rings. The number of hydrogen-bond acceptors (Lipinski definition) is 5. The van der Waals surface area contributed by atoms with E-state index in [1.165, 1.54) is 12.1 Å². The van der Waals surface area contributed by atoms with Crippen LogP contribution in [0.15, 0.2) is 59.8 Å². The summed E-state index contributed by atoms with van der Waals surface area (Å²) in [6, 6.07) is 12.8. The van der Waals surface area contributed by atoms with E-state index in [0.717, 1.165) is 23.9 Å². The molecule has 3 rings (SSSR count). The molecule has 2 aromatic carbocycles. The zero-order valence-electron chi connectivity index (χ0n) is 17.9. The van der Waals surface area contributed by atoms with Crippen molar-refractivity contribution in [1.82, 2.24) is 20.1 Å². The third-order valence-corrected chi connectivity index (χ3v) is 5.61. The smallest absolute Gasteiger partial charge is 0.342 e. The second kappa shape index (κ2) is 10.5. The highest BCUT2D eigenvalue weighted by molar-refractivity contribution is 7.99. The van der Waals surface area contributed by atoms with Crippen LogP contribution in [0.1, 0.15) is 41.6 Å². The molecular formula is C22H22F3N5O2S. The van der Waals surface area contributed by atoms with Crippen LogP contribution in [0.4, 0.5) is 18.9 Å². The number of anilines is 1. The second-order valence-electron chi connectivity index (χ2n) is 7.06. The lowest BCUT2D eigenvalue weighted by atomic mass is 10.2. The summed E-state index contributed by atoms with van der Waals surface area (Å²) < 4.78 is 40.3. The topological polar surface area (TPSA) is 88.9 Å². The van der Waals surface area contributed by atoms with Crippen LogP contribution >= 0.6 is 11.8 Å². The molecule has 174 valence electrons. The van der Waals surface area contributed by atoms with Gasteiger partial charge in [0, 0.05) is 17.8 Å². The Morgan fingerprint density at radius 3 is 2.48 bits per heavy atom. The molecule has 33 heavy (non-hydrogen) atoms. The largest absolute Gasteiger partial charge is 0.416 e. The number of rotatable bonds is 8. The monoisotopic (exact) mass is 477 g/mol. The molecule has 1 aromatic heterocycles. The van der Waals surface area contributed by atoms with Gasteiger partial charge in [0.25, 0.3) is 5.91 Å². The van der Waals surface area contributed by atoms with E-state index < -0.39 is 23.7 Å². The van der Waals surface area contributed by atoms with Crippen molar-refractivity contribution in [3.8, 4) is 0 Å². The highest BCUT2D eigenvalue weighted by Crippen LogP contribution is 2.30. The molecule has 0 saturated carbocycles. The van der Waals surface area contributed by atoms with E-state index in [1.54, 1.807) is 35.8 Å². The number of carbonyl (C=O) groups is 2. The minimum absolute atomic E-state index is 0.0605. The quantitative estimate of drug-likeness (QED) is 0.465. The minimum atomic E-state index is -4.49. The predicted octanol–water partition coefficient (Wildman–Crippen LogP) is 4.54. The number of carbonyl (C=O) groups excluding carboxylic acids is 2. The number of nitrogens with zero attached hydrogens (tertiary/aromatic N) is 3. The summed E-state index contributed by atoms with van der Waals surface area (Å²) in [7, 11) is 0. The molecule has 0 bridgehead atoms. The maximum atomic E-state index is 12.8. The van der Waals surface area contributed by atoms with Crippen molar-refractivity contribution >= 4 is 29.3 Å². The summed E-state index contributed by atoms with van der Waals surface area (Å²) in [5.74, 6) is -0.262. The number of benzene rings is 2. The van der Waals surface area contributed by atoms with Gasteiger partial charge in [0.15, 0.2) is 11.0 Å². The van der Waals surface area contributed by atoms with Gasteiger partial charge in [0.1, 0.15) is 0 Å². The third-order valence-electron chi connectivity index (χ3n) is 4.64. The first kappa shape index (κ1) is 24.3. The van der Waals surface area contributed by atoms with E-state index in [1.807, 2.05) is 13.0 Å². The summed E-state index contributed by atoms with van der Waals surface area (Å²) in [5, 5.41) is 14.1. The van der Waals surface area contributed by atoms with E-state index in [9.17, 15) is 22.8 Å². The van der Waals surface area contributed by atoms with E-state index in [2.05, 4.69) is 20.8 Å². The molecule has 1 heterocycles. The van der Waals surface area contributed by atoms with Crippen molar-refractivity contribution in [3.63, 3.8) is 0 Å². The van der Waals surface area contributed by atoms with Gasteiger partial charge >= 0.3 is 6.18 Å². The van der Waals surface area contributed by atoms with Gasteiger partial charge in [-0.15, -0.1) is 10.2 Å². The Kier molecular flexibility index (Phi) is 7.75. The molecule has 0 aliphatic carbocycles. The molecule has 2 N–H and O–H groups in total. The van der Waals surface area contributed by atoms with Gasteiger partial charge in [-0.1, -0.05) is 36.0 Å². The molecule has 0 aliphatic heterocycles. The lowest BCUT2D eigenvalue weighted by molar-refractivity contribution is -0.137. The fraction of sp³-hybridized carbons (Fsp3) is 0.273. The van der Waals surface area contributed by atoms with Crippen LogP contribution in [0, 0.1) is 0 Å². The third kappa shape index (κ3) is 6.35. The maximum absolute atomic E-state index is 12.8. The van der Waals surface area contributed by atoms with Crippen LogP contribution in [0.3, 0.4) is 0 Å². The second-order valence-corrected chi connectivity index (χ2v) is 8.00. The summed E-state index contributed by atoms with van der Waals surface area (Å²) in [5.41, 5.74) is -0.257. The van der Waals surface area contributed by atoms with Crippen LogP contribution in [0.25, 0.3) is 0 Å². The predicted molar refractivity (Wildman–Crippen MR) is 119 cm³/mol. The Morgan fingerprint density at radius 2 is 1.82 bits per heavy atom. The molecule has 7 nitrogen and oxygen atoms in total. The molecule has 0 unspecified atom stereocenters. The lowest BCUT2D eigenvalue weighted by Gasteiger charge is -2.15. The number of amides is 2. The van der Waals surface area contributed by atoms with Crippen LogP contribution in [-0.2, 0) is 17.5 Å². The van der Waals surface area contributed by atoms with Crippen molar-refractivity contribution in [2.24, 2.45) is 0 Å². The van der Waals surface area contributed by atoms with Gasteiger partial charge in [-0.05, 0) is 44.2 Å². The van der Waals surface area contributed by atoms with Crippen molar-refractivity contribution in [1.29, 1.82) is 0 Å². The van der Waals surface area contributed by atoms with Gasteiger partial charge in [0.05, 0.1) is 17.4 Å². The fourth-order valence-corrected chi connectivity index (χ4v) is 3.87. The first-order valence-corrected chi connectivity index (χ1v) is 11.1. The Hall–Kier alpha value is -3.34. The summed E-state index contributed by atoms with van der Waals surface area (Å²) >= 11 is 1.10. The highest BCUT2D eigenvalue weighted by Gasteiger charge is 2.30. The molecule has 0 spiro atoms. The molecular weight excluding hydrogens is 455 g/mol. The number of alkyl halides is 3. The molecule has 11 heteroatoms. The molecule has 0 aliphatic rings. The Bertz CT molecular complexity index is 1120. The zero-order valence-corrected chi connectivity index (χ0v) is 18.7. The van der Waals surface area contributed by atoms with Crippen molar-refractivity contribution in [3.05, 3.63) is 71.5 Å². The van der Waals surface area contributed by atoms with E-state index in [0.29, 0.717) is 23.1 Å². The SMILES string of the molecule is CCn1c(SCC(=O)Nc2cccc(C(F)(F)F)c2)nnc1[C@H](C)NC(=O)c1ccccc1. The van der Waals surface area contributed by atoms with Gasteiger partial charge in [-0.3, -0.25) is 9.59 Å². The summed E-state index contributed by atoms with van der Waals surface area (Å²) in [6.07, 6.45) is -4.49. The van der Waals surface area contributed by atoms with Crippen molar-refractivity contribution in [2.75, 3.05) is 11.1 Å². The molecule has 3 aromatic rings. The summed E-state index contributed by atoms with van der Waals surface area (Å²) in [4.78, 5) is 24.7. The van der Waals surface area contributed by atoms with E-state index >= 15 is 0 Å². The van der Waals surface area contributed by atoms with E-state index in [-0.39, 0.29) is 17.3 Å². The average Bonchev–Trinajstić information content (AvgIpc) is 3.21. The minimum Gasteiger partial charge on any atom is -0.342 e. The van der Waals surface area contributed by atoms with Gasteiger partial charge < -0.3 is 15.2 Å². The van der Waals surface area contributed by atoms with Crippen LogP contribution in [-0.4, -0.2) is 32.3 Å². The Morgan fingerprint density at radius 1 is 1.09 bits per heavy atom. The molecule has 2 amide bonds. The van der Waals surface area contributed by atoms with E-state index in [4.69, 9.17) is 0 Å². The van der Waals surface area contributed by atoms with Gasteiger partial charge in [-0.25, -0.2) is 0 Å². The van der Waals surface area contributed by atoms with Crippen molar-refractivity contribution in [2.45, 2.75) is 37.8 Å². The number of thioether (sulfide) groups is 1.